The number of hydrogen-bond donors (Lipinski definition) is 1. The predicted molar refractivity (Wildman–Crippen MR) is 117 cm³/mol. The monoisotopic (exact) mass is 391 g/mol. The van der Waals surface area contributed by atoms with E-state index in [2.05, 4.69) is 48.0 Å². The number of aryl methyl sites for hydroxylation is 2. The second kappa shape index (κ2) is 8.29. The SMILES string of the molecule is COc1ccc(CCN2CCN(C(=O)c3cc4c(C)cc(C)cc4[nH]3)CC2)cc1. The molecule has 1 aliphatic heterocycles. The number of hydrogen-bond acceptors (Lipinski definition) is 3. The summed E-state index contributed by atoms with van der Waals surface area (Å²) in [6.45, 7) is 8.57. The number of aromatic nitrogens is 1. The maximum absolute atomic E-state index is 13.0. The number of carbonyl (C=O) groups is 1. The van der Waals surface area contributed by atoms with Crippen LogP contribution in [-0.4, -0.2) is 60.5 Å². The van der Waals surface area contributed by atoms with Crippen LogP contribution in [0, 0.1) is 13.8 Å². The van der Waals surface area contributed by atoms with Crippen molar-refractivity contribution in [1.82, 2.24) is 14.8 Å². The lowest BCUT2D eigenvalue weighted by molar-refractivity contribution is 0.0633. The minimum absolute atomic E-state index is 0.105. The predicted octanol–water partition coefficient (Wildman–Crippen LogP) is 3.79. The van der Waals surface area contributed by atoms with Crippen LogP contribution in [0.1, 0.15) is 27.2 Å². The number of piperazine rings is 1. The highest BCUT2D eigenvalue weighted by atomic mass is 16.5. The Labute approximate surface area is 172 Å². The number of methoxy groups -OCH3 is 1. The van der Waals surface area contributed by atoms with Crippen LogP contribution in [-0.2, 0) is 6.42 Å². The number of benzene rings is 2. The van der Waals surface area contributed by atoms with E-state index in [1.54, 1.807) is 7.11 Å². The molecule has 0 radical (unpaired) electrons. The molecule has 3 aromatic rings. The molecule has 0 bridgehead atoms. The zero-order valence-corrected chi connectivity index (χ0v) is 17.5. The van der Waals surface area contributed by atoms with E-state index in [9.17, 15) is 4.79 Å². The molecule has 2 heterocycles. The Bertz CT molecular complexity index is 999. The summed E-state index contributed by atoms with van der Waals surface area (Å²) in [7, 11) is 1.69. The Kier molecular flexibility index (Phi) is 5.58. The number of amides is 1. The number of nitrogens with one attached hydrogen (secondary N) is 1. The maximum Gasteiger partial charge on any atom is 0.270 e. The molecule has 1 aromatic heterocycles. The molecule has 5 heteroatoms. The fourth-order valence-corrected chi connectivity index (χ4v) is 4.14. The van der Waals surface area contributed by atoms with Crippen LogP contribution in [0.4, 0.5) is 0 Å². The second-order valence-electron chi connectivity index (χ2n) is 7.96. The molecule has 1 N–H and O–H groups in total. The van der Waals surface area contributed by atoms with Gasteiger partial charge in [0.2, 0.25) is 0 Å². The molecular formula is C24H29N3O2. The Morgan fingerprint density at radius 1 is 1.03 bits per heavy atom. The summed E-state index contributed by atoms with van der Waals surface area (Å²) in [4.78, 5) is 20.7. The van der Waals surface area contributed by atoms with E-state index in [0.29, 0.717) is 5.69 Å². The summed E-state index contributed by atoms with van der Waals surface area (Å²) in [5.41, 5.74) is 5.47. The molecule has 0 aliphatic carbocycles. The van der Waals surface area contributed by atoms with E-state index in [0.717, 1.165) is 55.8 Å². The first-order valence-corrected chi connectivity index (χ1v) is 10.3. The average Bonchev–Trinajstić information content (AvgIpc) is 3.17. The van der Waals surface area contributed by atoms with Gasteiger partial charge in [-0.25, -0.2) is 0 Å². The molecule has 152 valence electrons. The minimum atomic E-state index is 0.105. The Hall–Kier alpha value is -2.79. The summed E-state index contributed by atoms with van der Waals surface area (Å²) in [6.07, 6.45) is 1.01. The van der Waals surface area contributed by atoms with Crippen molar-refractivity contribution in [2.75, 3.05) is 39.8 Å². The van der Waals surface area contributed by atoms with Gasteiger partial charge in [0.05, 0.1) is 7.11 Å². The number of nitrogens with zero attached hydrogens (tertiary/aromatic N) is 2. The quantitative estimate of drug-likeness (QED) is 0.720. The van der Waals surface area contributed by atoms with Gasteiger partial charge in [0.1, 0.15) is 11.4 Å². The smallest absolute Gasteiger partial charge is 0.270 e. The van der Waals surface area contributed by atoms with Gasteiger partial charge in [-0.2, -0.15) is 0 Å². The lowest BCUT2D eigenvalue weighted by Gasteiger charge is -2.34. The lowest BCUT2D eigenvalue weighted by Crippen LogP contribution is -2.49. The third-order valence-corrected chi connectivity index (χ3v) is 5.85. The minimum Gasteiger partial charge on any atom is -0.497 e. The Morgan fingerprint density at radius 3 is 2.45 bits per heavy atom. The number of fused-ring (bicyclic) bond motifs is 1. The molecular weight excluding hydrogens is 362 g/mol. The zero-order chi connectivity index (χ0) is 20.4. The zero-order valence-electron chi connectivity index (χ0n) is 17.5. The van der Waals surface area contributed by atoms with Gasteiger partial charge in [-0.1, -0.05) is 18.2 Å². The van der Waals surface area contributed by atoms with Crippen LogP contribution in [0.2, 0.25) is 0 Å². The van der Waals surface area contributed by atoms with Gasteiger partial charge >= 0.3 is 0 Å². The van der Waals surface area contributed by atoms with Gasteiger partial charge in [-0.15, -0.1) is 0 Å². The van der Waals surface area contributed by atoms with E-state index in [4.69, 9.17) is 4.74 Å². The molecule has 5 nitrogen and oxygen atoms in total. The van der Waals surface area contributed by atoms with Crippen molar-refractivity contribution in [1.29, 1.82) is 0 Å². The molecule has 1 saturated heterocycles. The number of H-pyrrole nitrogens is 1. The van der Waals surface area contributed by atoms with Crippen molar-refractivity contribution in [2.24, 2.45) is 0 Å². The maximum atomic E-state index is 13.0. The largest absolute Gasteiger partial charge is 0.497 e. The van der Waals surface area contributed by atoms with E-state index < -0.39 is 0 Å². The van der Waals surface area contributed by atoms with Crippen molar-refractivity contribution in [3.63, 3.8) is 0 Å². The van der Waals surface area contributed by atoms with Gasteiger partial charge in [0, 0.05) is 43.6 Å². The van der Waals surface area contributed by atoms with Crippen LogP contribution in [0.5, 0.6) is 5.75 Å². The first-order chi connectivity index (χ1) is 14.0. The van der Waals surface area contributed by atoms with Crippen molar-refractivity contribution in [2.45, 2.75) is 20.3 Å². The standard InChI is InChI=1S/C24H29N3O2/c1-17-14-18(2)21-16-23(25-22(21)15-17)24(28)27-12-10-26(11-13-27)9-8-19-4-6-20(29-3)7-5-19/h4-7,14-16,25H,8-13H2,1-3H3. The molecule has 2 aromatic carbocycles. The number of ether oxygens (including phenoxy) is 1. The normalized spacial score (nSPS) is 15.1. The van der Waals surface area contributed by atoms with E-state index in [-0.39, 0.29) is 5.91 Å². The summed E-state index contributed by atoms with van der Waals surface area (Å²) in [5.74, 6) is 0.997. The topological polar surface area (TPSA) is 48.6 Å². The van der Waals surface area contributed by atoms with E-state index >= 15 is 0 Å². The molecule has 0 spiro atoms. The van der Waals surface area contributed by atoms with E-state index in [1.807, 2.05) is 23.1 Å². The van der Waals surface area contributed by atoms with Gasteiger partial charge in [-0.05, 0) is 61.2 Å². The third kappa shape index (κ3) is 4.30. The van der Waals surface area contributed by atoms with Gasteiger partial charge < -0.3 is 14.6 Å². The molecule has 29 heavy (non-hydrogen) atoms. The van der Waals surface area contributed by atoms with Crippen LogP contribution >= 0.6 is 0 Å². The average molecular weight is 392 g/mol. The number of aromatic amines is 1. The third-order valence-electron chi connectivity index (χ3n) is 5.85. The second-order valence-corrected chi connectivity index (χ2v) is 7.96. The molecule has 1 amide bonds. The van der Waals surface area contributed by atoms with Crippen molar-refractivity contribution in [3.8, 4) is 5.75 Å². The van der Waals surface area contributed by atoms with Crippen LogP contribution < -0.4 is 4.74 Å². The molecule has 4 rings (SSSR count). The lowest BCUT2D eigenvalue weighted by atomic mass is 10.1. The molecule has 0 atom stereocenters. The first kappa shape index (κ1) is 19.5. The highest BCUT2D eigenvalue weighted by Crippen LogP contribution is 2.22. The van der Waals surface area contributed by atoms with Crippen LogP contribution in [0.25, 0.3) is 10.9 Å². The Morgan fingerprint density at radius 2 is 1.76 bits per heavy atom. The highest BCUT2D eigenvalue weighted by Gasteiger charge is 2.23. The summed E-state index contributed by atoms with van der Waals surface area (Å²) < 4.78 is 5.22. The molecule has 0 saturated carbocycles. The van der Waals surface area contributed by atoms with Crippen molar-refractivity contribution >= 4 is 16.8 Å². The number of rotatable bonds is 5. The molecule has 0 unspecified atom stereocenters. The number of carbonyl (C=O) groups excluding carboxylic acids is 1. The van der Waals surface area contributed by atoms with Crippen LogP contribution in [0.15, 0.2) is 42.5 Å². The summed E-state index contributed by atoms with van der Waals surface area (Å²) in [6, 6.07) is 14.5. The van der Waals surface area contributed by atoms with Crippen molar-refractivity contribution < 1.29 is 9.53 Å². The fraction of sp³-hybridized carbons (Fsp3) is 0.375. The Balaban J connectivity index is 1.33. The van der Waals surface area contributed by atoms with Crippen molar-refractivity contribution in [3.05, 3.63) is 64.8 Å². The van der Waals surface area contributed by atoms with Gasteiger partial charge in [-0.3, -0.25) is 9.69 Å². The molecule has 1 aliphatic rings. The molecule has 1 fully saturated rings. The van der Waals surface area contributed by atoms with E-state index in [1.165, 1.54) is 16.7 Å². The fourth-order valence-electron chi connectivity index (χ4n) is 4.14. The summed E-state index contributed by atoms with van der Waals surface area (Å²) in [5, 5.41) is 1.14. The van der Waals surface area contributed by atoms with Gasteiger partial charge in [0.15, 0.2) is 0 Å². The van der Waals surface area contributed by atoms with Gasteiger partial charge in [0.25, 0.3) is 5.91 Å². The van der Waals surface area contributed by atoms with Crippen LogP contribution in [0.3, 0.4) is 0 Å². The summed E-state index contributed by atoms with van der Waals surface area (Å²) >= 11 is 0. The first-order valence-electron chi connectivity index (χ1n) is 10.3. The highest BCUT2D eigenvalue weighted by molar-refractivity contribution is 5.99.